The lowest BCUT2D eigenvalue weighted by atomic mass is 9.84. The second kappa shape index (κ2) is 8.59. The van der Waals surface area contributed by atoms with Gasteiger partial charge in [-0.2, -0.15) is 18.3 Å². The molecule has 0 saturated heterocycles. The SMILES string of the molecule is Cc1nn(C)c(C)c1CC(=O)N[C@@H]1CCCCC[C@@H]1c1ccccc1C(F)(F)F. The lowest BCUT2D eigenvalue weighted by Gasteiger charge is -2.29. The van der Waals surface area contributed by atoms with Gasteiger partial charge >= 0.3 is 6.18 Å². The minimum absolute atomic E-state index is 0.161. The normalized spacial score (nSPS) is 20.3. The fraction of sp³-hybridized carbons (Fsp3) is 0.545. The number of aryl methyl sites for hydroxylation is 2. The molecule has 3 rings (SSSR count). The Hall–Kier alpha value is -2.31. The summed E-state index contributed by atoms with van der Waals surface area (Å²) in [6, 6.07) is 5.47. The molecule has 0 bridgehead atoms. The quantitative estimate of drug-likeness (QED) is 0.738. The average molecular weight is 407 g/mol. The predicted octanol–water partition coefficient (Wildman–Crippen LogP) is 4.83. The van der Waals surface area contributed by atoms with E-state index in [-0.39, 0.29) is 24.3 Å². The number of carbonyl (C=O) groups is 1. The Kier molecular flexibility index (Phi) is 6.34. The molecule has 1 fully saturated rings. The molecule has 2 atom stereocenters. The van der Waals surface area contributed by atoms with E-state index in [0.717, 1.165) is 42.3 Å². The number of aromatic nitrogens is 2. The van der Waals surface area contributed by atoms with E-state index >= 15 is 0 Å². The smallest absolute Gasteiger partial charge is 0.352 e. The van der Waals surface area contributed by atoms with Crippen molar-refractivity contribution < 1.29 is 18.0 Å². The van der Waals surface area contributed by atoms with Crippen molar-refractivity contribution in [2.45, 2.75) is 70.5 Å². The summed E-state index contributed by atoms with van der Waals surface area (Å²) in [6.45, 7) is 3.78. The second-order valence-electron chi connectivity index (χ2n) is 7.95. The zero-order valence-corrected chi connectivity index (χ0v) is 17.1. The highest BCUT2D eigenvalue weighted by Crippen LogP contribution is 2.40. The molecule has 1 aromatic heterocycles. The van der Waals surface area contributed by atoms with Gasteiger partial charge in [0.15, 0.2) is 0 Å². The highest BCUT2D eigenvalue weighted by Gasteiger charge is 2.37. The van der Waals surface area contributed by atoms with E-state index in [0.29, 0.717) is 18.4 Å². The minimum atomic E-state index is -4.40. The topological polar surface area (TPSA) is 46.9 Å². The summed E-state index contributed by atoms with van der Waals surface area (Å²) >= 11 is 0. The molecule has 1 aliphatic rings. The number of alkyl halides is 3. The Labute approximate surface area is 169 Å². The van der Waals surface area contributed by atoms with Crippen LogP contribution in [0, 0.1) is 13.8 Å². The molecule has 0 aliphatic heterocycles. The molecule has 0 unspecified atom stereocenters. The highest BCUT2D eigenvalue weighted by molar-refractivity contribution is 5.79. The number of benzene rings is 1. The molecule has 29 heavy (non-hydrogen) atoms. The van der Waals surface area contributed by atoms with E-state index in [4.69, 9.17) is 0 Å². The number of amides is 1. The summed E-state index contributed by atoms with van der Waals surface area (Å²) in [7, 11) is 1.83. The molecule has 4 nitrogen and oxygen atoms in total. The second-order valence-corrected chi connectivity index (χ2v) is 7.95. The number of halogens is 3. The Morgan fingerprint density at radius 3 is 2.52 bits per heavy atom. The molecule has 158 valence electrons. The molecule has 1 N–H and O–H groups in total. The van der Waals surface area contributed by atoms with Gasteiger partial charge in [-0.1, -0.05) is 37.5 Å². The summed E-state index contributed by atoms with van der Waals surface area (Å²) < 4.78 is 42.5. The van der Waals surface area contributed by atoms with Gasteiger partial charge in [-0.15, -0.1) is 0 Å². The molecule has 1 aromatic carbocycles. The van der Waals surface area contributed by atoms with Crippen LogP contribution in [0.15, 0.2) is 24.3 Å². The molecule has 0 radical (unpaired) electrons. The van der Waals surface area contributed by atoms with Crippen LogP contribution >= 0.6 is 0 Å². The molecular formula is C22H28F3N3O. The maximum atomic E-state index is 13.6. The molecule has 2 aromatic rings. The van der Waals surface area contributed by atoms with E-state index < -0.39 is 11.7 Å². The average Bonchev–Trinajstić information content (AvgIpc) is 2.82. The van der Waals surface area contributed by atoms with Crippen LogP contribution in [0.25, 0.3) is 0 Å². The number of carbonyl (C=O) groups excluding carboxylic acids is 1. The van der Waals surface area contributed by atoms with E-state index in [1.165, 1.54) is 6.07 Å². The lowest BCUT2D eigenvalue weighted by molar-refractivity contribution is -0.138. The first-order valence-electron chi connectivity index (χ1n) is 10.1. The zero-order chi connectivity index (χ0) is 21.2. The Morgan fingerprint density at radius 1 is 1.17 bits per heavy atom. The van der Waals surface area contributed by atoms with Crippen LogP contribution in [-0.2, 0) is 24.4 Å². The number of rotatable bonds is 4. The van der Waals surface area contributed by atoms with Crippen molar-refractivity contribution >= 4 is 5.91 Å². The van der Waals surface area contributed by atoms with Crippen LogP contribution in [0.5, 0.6) is 0 Å². The number of hydrogen-bond acceptors (Lipinski definition) is 2. The standard InChI is InChI=1S/C22H28F3N3O/c1-14-18(15(2)28(3)27-14)13-21(29)26-20-12-6-4-5-10-17(20)16-9-7-8-11-19(16)22(23,24)25/h7-9,11,17,20H,4-6,10,12-13H2,1-3H3,(H,26,29)/t17-,20-/m1/s1. The van der Waals surface area contributed by atoms with Gasteiger partial charge in [-0.05, 0) is 38.3 Å². The van der Waals surface area contributed by atoms with Crippen LogP contribution < -0.4 is 5.32 Å². The Morgan fingerprint density at radius 2 is 1.86 bits per heavy atom. The van der Waals surface area contributed by atoms with Crippen LogP contribution in [0.2, 0.25) is 0 Å². The molecular weight excluding hydrogens is 379 g/mol. The first-order valence-corrected chi connectivity index (χ1v) is 10.1. The minimum Gasteiger partial charge on any atom is -0.352 e. The van der Waals surface area contributed by atoms with Crippen LogP contribution in [0.4, 0.5) is 13.2 Å². The third-order valence-corrected chi connectivity index (χ3v) is 6.02. The van der Waals surface area contributed by atoms with Gasteiger partial charge in [0.1, 0.15) is 0 Å². The number of hydrogen-bond donors (Lipinski definition) is 1. The van der Waals surface area contributed by atoms with Gasteiger partial charge in [0.05, 0.1) is 17.7 Å². The molecule has 1 aliphatic carbocycles. The maximum absolute atomic E-state index is 13.6. The lowest BCUT2D eigenvalue weighted by Crippen LogP contribution is -2.40. The van der Waals surface area contributed by atoms with Crippen LogP contribution in [-0.4, -0.2) is 21.7 Å². The van der Waals surface area contributed by atoms with Crippen molar-refractivity contribution in [3.8, 4) is 0 Å². The third kappa shape index (κ3) is 4.82. The fourth-order valence-corrected chi connectivity index (χ4v) is 4.42. The van der Waals surface area contributed by atoms with Gasteiger partial charge in [0.2, 0.25) is 5.91 Å². The molecule has 1 heterocycles. The monoisotopic (exact) mass is 407 g/mol. The zero-order valence-electron chi connectivity index (χ0n) is 17.1. The van der Waals surface area contributed by atoms with Gasteiger partial charge < -0.3 is 5.32 Å². The predicted molar refractivity (Wildman–Crippen MR) is 106 cm³/mol. The summed E-state index contributed by atoms with van der Waals surface area (Å²) in [5.41, 5.74) is 2.31. The largest absolute Gasteiger partial charge is 0.416 e. The van der Waals surface area contributed by atoms with Crippen molar-refractivity contribution in [3.63, 3.8) is 0 Å². The van der Waals surface area contributed by atoms with Crippen molar-refractivity contribution in [3.05, 3.63) is 52.3 Å². The maximum Gasteiger partial charge on any atom is 0.416 e. The summed E-state index contributed by atoms with van der Waals surface area (Å²) in [5, 5.41) is 7.39. The summed E-state index contributed by atoms with van der Waals surface area (Å²) in [5.74, 6) is -0.499. The van der Waals surface area contributed by atoms with Gasteiger partial charge in [0, 0.05) is 30.3 Å². The third-order valence-electron chi connectivity index (χ3n) is 6.02. The number of nitrogens with one attached hydrogen (secondary N) is 1. The van der Waals surface area contributed by atoms with Crippen molar-refractivity contribution in [1.82, 2.24) is 15.1 Å². The molecule has 7 heteroatoms. The Balaban J connectivity index is 1.84. The van der Waals surface area contributed by atoms with Crippen LogP contribution in [0.3, 0.4) is 0 Å². The molecule has 1 amide bonds. The van der Waals surface area contributed by atoms with Gasteiger partial charge in [-0.25, -0.2) is 0 Å². The van der Waals surface area contributed by atoms with Crippen molar-refractivity contribution in [2.75, 3.05) is 0 Å². The molecule has 0 spiro atoms. The molecule has 1 saturated carbocycles. The first-order chi connectivity index (χ1) is 13.7. The summed E-state index contributed by atoms with van der Waals surface area (Å²) in [6.07, 6.45) is -0.143. The number of nitrogens with zero attached hydrogens (tertiary/aromatic N) is 2. The Bertz CT molecular complexity index is 873. The van der Waals surface area contributed by atoms with Gasteiger partial charge in [-0.3, -0.25) is 9.48 Å². The van der Waals surface area contributed by atoms with E-state index in [2.05, 4.69) is 10.4 Å². The van der Waals surface area contributed by atoms with Gasteiger partial charge in [0.25, 0.3) is 0 Å². The first kappa shape index (κ1) is 21.4. The van der Waals surface area contributed by atoms with Crippen molar-refractivity contribution in [1.29, 1.82) is 0 Å². The van der Waals surface area contributed by atoms with Crippen molar-refractivity contribution in [2.24, 2.45) is 7.05 Å². The van der Waals surface area contributed by atoms with E-state index in [9.17, 15) is 18.0 Å². The fourth-order valence-electron chi connectivity index (χ4n) is 4.42. The summed E-state index contributed by atoms with van der Waals surface area (Å²) in [4.78, 5) is 12.8. The van der Waals surface area contributed by atoms with Crippen LogP contribution in [0.1, 0.15) is 66.1 Å². The highest BCUT2D eigenvalue weighted by atomic mass is 19.4. The van der Waals surface area contributed by atoms with E-state index in [1.807, 2.05) is 20.9 Å². The van der Waals surface area contributed by atoms with E-state index in [1.54, 1.807) is 16.8 Å².